The zero-order chi connectivity index (χ0) is 16.0. The molecule has 2 aromatic carbocycles. The number of hydrogen-bond donors (Lipinski definition) is 0. The third-order valence-electron chi connectivity index (χ3n) is 4.55. The predicted molar refractivity (Wildman–Crippen MR) is 88.5 cm³/mol. The van der Waals surface area contributed by atoms with Crippen molar-refractivity contribution in [2.24, 2.45) is 0 Å². The molecule has 0 aliphatic carbocycles. The van der Waals surface area contributed by atoms with Crippen LogP contribution < -0.4 is 4.90 Å². The second-order valence-electron chi connectivity index (χ2n) is 5.85. The van der Waals surface area contributed by atoms with Gasteiger partial charge in [-0.15, -0.1) is 0 Å². The molecule has 23 heavy (non-hydrogen) atoms. The highest BCUT2D eigenvalue weighted by atomic mass is 35.5. The number of nitrogens with zero attached hydrogens (tertiary/aromatic N) is 2. The molecule has 1 atom stereocenters. The molecule has 2 aromatic rings. The van der Waals surface area contributed by atoms with Crippen molar-refractivity contribution in [3.63, 3.8) is 0 Å². The number of carbonyl (C=O) groups excluding carboxylic acids is 2. The summed E-state index contributed by atoms with van der Waals surface area (Å²) in [6.45, 7) is 0.637. The van der Waals surface area contributed by atoms with Gasteiger partial charge in [0, 0.05) is 11.6 Å². The van der Waals surface area contributed by atoms with E-state index >= 15 is 0 Å². The van der Waals surface area contributed by atoms with E-state index in [9.17, 15) is 9.59 Å². The van der Waals surface area contributed by atoms with Gasteiger partial charge in [0.1, 0.15) is 0 Å². The van der Waals surface area contributed by atoms with Crippen molar-refractivity contribution in [2.45, 2.75) is 18.9 Å². The molecule has 2 aliphatic rings. The van der Waals surface area contributed by atoms with Crippen LogP contribution in [0.15, 0.2) is 48.5 Å². The Kier molecular flexibility index (Phi) is 3.34. The summed E-state index contributed by atoms with van der Waals surface area (Å²) in [7, 11) is 0. The SMILES string of the molecule is O=C1C[C@@H]2c3ccccc3CCN2C(=O)N1c1ccc(Cl)cc1. The van der Waals surface area contributed by atoms with Crippen molar-refractivity contribution in [3.8, 4) is 0 Å². The van der Waals surface area contributed by atoms with E-state index in [-0.39, 0.29) is 18.0 Å². The van der Waals surface area contributed by atoms with Crippen molar-refractivity contribution < 1.29 is 9.59 Å². The summed E-state index contributed by atoms with van der Waals surface area (Å²) in [5.41, 5.74) is 2.90. The molecule has 0 N–H and O–H groups in total. The number of carbonyl (C=O) groups is 2. The number of rotatable bonds is 1. The Labute approximate surface area is 139 Å². The third kappa shape index (κ3) is 2.30. The second-order valence-corrected chi connectivity index (χ2v) is 6.29. The Morgan fingerprint density at radius 2 is 1.74 bits per heavy atom. The normalized spacial score (nSPS) is 20.3. The number of imide groups is 1. The summed E-state index contributed by atoms with van der Waals surface area (Å²) in [5, 5.41) is 0.579. The monoisotopic (exact) mass is 326 g/mol. The average molecular weight is 327 g/mol. The lowest BCUT2D eigenvalue weighted by Gasteiger charge is -2.43. The standard InChI is InChI=1S/C18H15ClN2O2/c19-13-5-7-14(8-6-13)21-17(22)11-16-15-4-2-1-3-12(15)9-10-20(16)18(21)23/h1-8,16H,9-11H2/t16-/m1/s1. The van der Waals surface area contributed by atoms with Crippen molar-refractivity contribution >= 4 is 29.2 Å². The lowest BCUT2D eigenvalue weighted by atomic mass is 9.89. The number of fused-ring (bicyclic) bond motifs is 3. The molecule has 0 radical (unpaired) electrons. The minimum atomic E-state index is -0.247. The Hall–Kier alpha value is -2.33. The molecule has 3 amide bonds. The van der Waals surface area contributed by atoms with Gasteiger partial charge in [0.2, 0.25) is 5.91 Å². The zero-order valence-electron chi connectivity index (χ0n) is 12.4. The van der Waals surface area contributed by atoms with Gasteiger partial charge >= 0.3 is 6.03 Å². The van der Waals surface area contributed by atoms with Gasteiger partial charge in [0.15, 0.2) is 0 Å². The Bertz CT molecular complexity index is 788. The van der Waals surface area contributed by atoms with E-state index < -0.39 is 0 Å². The largest absolute Gasteiger partial charge is 0.331 e. The minimum Gasteiger partial charge on any atom is -0.316 e. The number of amides is 3. The molecule has 2 aliphatic heterocycles. The number of urea groups is 1. The first kappa shape index (κ1) is 14.3. The summed E-state index contributed by atoms with van der Waals surface area (Å²) >= 11 is 5.89. The van der Waals surface area contributed by atoms with Crippen LogP contribution in [0.2, 0.25) is 5.02 Å². The smallest absolute Gasteiger partial charge is 0.316 e. The van der Waals surface area contributed by atoms with E-state index in [4.69, 9.17) is 11.6 Å². The summed E-state index contributed by atoms with van der Waals surface area (Å²) in [5.74, 6) is -0.171. The van der Waals surface area contributed by atoms with Crippen LogP contribution >= 0.6 is 11.6 Å². The Morgan fingerprint density at radius 3 is 2.52 bits per heavy atom. The van der Waals surface area contributed by atoms with Gasteiger partial charge in [-0.1, -0.05) is 35.9 Å². The molecule has 1 fully saturated rings. The molecule has 4 nitrogen and oxygen atoms in total. The Balaban J connectivity index is 1.70. The quantitative estimate of drug-likeness (QED) is 0.800. The molecule has 0 aromatic heterocycles. The van der Waals surface area contributed by atoms with Crippen molar-refractivity contribution in [3.05, 3.63) is 64.7 Å². The number of anilines is 1. The average Bonchev–Trinajstić information content (AvgIpc) is 2.56. The second kappa shape index (κ2) is 5.39. The third-order valence-corrected chi connectivity index (χ3v) is 4.80. The number of halogens is 1. The molecule has 1 saturated heterocycles. The van der Waals surface area contributed by atoms with Gasteiger partial charge in [0.25, 0.3) is 0 Å². The van der Waals surface area contributed by atoms with Gasteiger partial charge in [0.05, 0.1) is 18.2 Å². The summed E-state index contributed by atoms with van der Waals surface area (Å²) < 4.78 is 0. The molecule has 0 unspecified atom stereocenters. The van der Waals surface area contributed by atoms with E-state index in [1.807, 2.05) is 18.2 Å². The van der Waals surface area contributed by atoms with Gasteiger partial charge < -0.3 is 4.90 Å². The van der Waals surface area contributed by atoms with Gasteiger partial charge in [-0.05, 0) is 41.8 Å². The molecule has 0 bridgehead atoms. The molecule has 4 rings (SSSR count). The highest BCUT2D eigenvalue weighted by Gasteiger charge is 2.42. The molecule has 0 spiro atoms. The molecule has 5 heteroatoms. The summed E-state index contributed by atoms with van der Waals surface area (Å²) in [6.07, 6.45) is 1.13. The molecular formula is C18H15ClN2O2. The number of hydrogen-bond acceptors (Lipinski definition) is 2. The molecule has 2 heterocycles. The lowest BCUT2D eigenvalue weighted by molar-refractivity contribution is -0.120. The fourth-order valence-corrected chi connectivity index (χ4v) is 3.56. The Morgan fingerprint density at radius 1 is 1.00 bits per heavy atom. The van der Waals surface area contributed by atoms with Gasteiger partial charge in [-0.2, -0.15) is 0 Å². The predicted octanol–water partition coefficient (Wildman–Crippen LogP) is 3.80. The van der Waals surface area contributed by atoms with Gasteiger partial charge in [-0.25, -0.2) is 9.69 Å². The molecule has 0 saturated carbocycles. The maximum Gasteiger partial charge on any atom is 0.331 e. The van der Waals surface area contributed by atoms with E-state index in [2.05, 4.69) is 6.07 Å². The zero-order valence-corrected chi connectivity index (χ0v) is 13.2. The van der Waals surface area contributed by atoms with E-state index in [0.29, 0.717) is 23.7 Å². The van der Waals surface area contributed by atoms with Crippen LogP contribution in [-0.2, 0) is 11.2 Å². The first-order valence-electron chi connectivity index (χ1n) is 7.62. The highest BCUT2D eigenvalue weighted by Crippen LogP contribution is 2.37. The number of benzene rings is 2. The van der Waals surface area contributed by atoms with E-state index in [1.165, 1.54) is 10.5 Å². The van der Waals surface area contributed by atoms with Crippen LogP contribution in [0.1, 0.15) is 23.6 Å². The van der Waals surface area contributed by atoms with Crippen molar-refractivity contribution in [2.75, 3.05) is 11.4 Å². The van der Waals surface area contributed by atoms with E-state index in [1.54, 1.807) is 29.2 Å². The van der Waals surface area contributed by atoms with Crippen LogP contribution in [0.5, 0.6) is 0 Å². The van der Waals surface area contributed by atoms with Crippen LogP contribution in [0, 0.1) is 0 Å². The maximum atomic E-state index is 12.9. The minimum absolute atomic E-state index is 0.150. The molecule has 116 valence electrons. The maximum absolute atomic E-state index is 12.9. The van der Waals surface area contributed by atoms with Crippen molar-refractivity contribution in [1.29, 1.82) is 0 Å². The summed E-state index contributed by atoms with van der Waals surface area (Å²) in [6, 6.07) is 14.4. The van der Waals surface area contributed by atoms with Crippen molar-refractivity contribution in [1.82, 2.24) is 4.90 Å². The first-order chi connectivity index (χ1) is 11.1. The van der Waals surface area contributed by atoms with Crippen LogP contribution in [0.25, 0.3) is 0 Å². The fourth-order valence-electron chi connectivity index (χ4n) is 3.44. The van der Waals surface area contributed by atoms with Crippen LogP contribution in [0.4, 0.5) is 10.5 Å². The topological polar surface area (TPSA) is 40.6 Å². The lowest BCUT2D eigenvalue weighted by Crippen LogP contribution is -2.55. The fraction of sp³-hybridized carbons (Fsp3) is 0.222. The van der Waals surface area contributed by atoms with Crippen LogP contribution in [-0.4, -0.2) is 23.4 Å². The summed E-state index contributed by atoms with van der Waals surface area (Å²) in [4.78, 5) is 28.5. The first-order valence-corrected chi connectivity index (χ1v) is 8.00. The van der Waals surface area contributed by atoms with E-state index in [0.717, 1.165) is 12.0 Å². The molecular weight excluding hydrogens is 312 g/mol. The van der Waals surface area contributed by atoms with Gasteiger partial charge in [-0.3, -0.25) is 4.79 Å². The van der Waals surface area contributed by atoms with Crippen LogP contribution in [0.3, 0.4) is 0 Å². The highest BCUT2D eigenvalue weighted by molar-refractivity contribution is 6.30.